The number of amides is 1. The largest absolute Gasteiger partial charge is 0.494 e. The van der Waals surface area contributed by atoms with Gasteiger partial charge >= 0.3 is 0 Å². The summed E-state index contributed by atoms with van der Waals surface area (Å²) >= 11 is 0. The summed E-state index contributed by atoms with van der Waals surface area (Å²) in [4.78, 5) is 25.2. The SMILES string of the molecule is CCOc1ccc2c(c1)CN(C(=O)c1ccn(-c3cccc([N+](=O)[O-])c3)n1)CC2. The molecule has 0 bridgehead atoms. The second-order valence-corrected chi connectivity index (χ2v) is 6.76. The van der Waals surface area contributed by atoms with Gasteiger partial charge in [-0.1, -0.05) is 12.1 Å². The molecule has 1 aliphatic heterocycles. The molecule has 0 N–H and O–H groups in total. The molecule has 148 valence electrons. The minimum atomic E-state index is -0.458. The molecule has 4 rings (SSSR count). The van der Waals surface area contributed by atoms with Crippen molar-refractivity contribution in [2.24, 2.45) is 0 Å². The van der Waals surface area contributed by atoms with Crippen LogP contribution in [0.4, 0.5) is 5.69 Å². The molecule has 0 saturated heterocycles. The zero-order valence-electron chi connectivity index (χ0n) is 15.9. The van der Waals surface area contributed by atoms with Gasteiger partial charge in [0.1, 0.15) is 5.75 Å². The average Bonchev–Trinajstić information content (AvgIpc) is 3.23. The van der Waals surface area contributed by atoms with E-state index in [1.165, 1.54) is 22.4 Å². The van der Waals surface area contributed by atoms with Crippen LogP contribution >= 0.6 is 0 Å². The molecule has 1 aliphatic rings. The van der Waals surface area contributed by atoms with Crippen LogP contribution in [0, 0.1) is 10.1 Å². The maximum atomic E-state index is 13.0. The highest BCUT2D eigenvalue weighted by Gasteiger charge is 2.24. The lowest BCUT2D eigenvalue weighted by Gasteiger charge is -2.28. The Labute approximate surface area is 167 Å². The van der Waals surface area contributed by atoms with Gasteiger partial charge in [-0.05, 0) is 48.7 Å². The van der Waals surface area contributed by atoms with E-state index in [0.29, 0.717) is 31.1 Å². The Morgan fingerprint density at radius 3 is 2.86 bits per heavy atom. The molecular formula is C21H20N4O4. The van der Waals surface area contributed by atoms with Crippen LogP contribution in [-0.2, 0) is 13.0 Å². The summed E-state index contributed by atoms with van der Waals surface area (Å²) in [7, 11) is 0. The van der Waals surface area contributed by atoms with Crippen LogP contribution in [0.3, 0.4) is 0 Å². The van der Waals surface area contributed by atoms with Gasteiger partial charge in [0.25, 0.3) is 11.6 Å². The molecule has 0 spiro atoms. The first-order valence-corrected chi connectivity index (χ1v) is 9.39. The second-order valence-electron chi connectivity index (χ2n) is 6.76. The molecule has 29 heavy (non-hydrogen) atoms. The van der Waals surface area contributed by atoms with Gasteiger partial charge in [0.05, 0.1) is 17.2 Å². The van der Waals surface area contributed by atoms with E-state index in [2.05, 4.69) is 11.2 Å². The highest BCUT2D eigenvalue weighted by Crippen LogP contribution is 2.25. The Kier molecular flexibility index (Phi) is 4.99. The van der Waals surface area contributed by atoms with Crippen LogP contribution in [0.15, 0.2) is 54.7 Å². The van der Waals surface area contributed by atoms with Crippen molar-refractivity contribution in [3.63, 3.8) is 0 Å². The molecule has 0 saturated carbocycles. The number of rotatable bonds is 5. The molecule has 2 heterocycles. The molecule has 0 aliphatic carbocycles. The Bertz CT molecular complexity index is 1080. The maximum absolute atomic E-state index is 13.0. The van der Waals surface area contributed by atoms with Crippen LogP contribution < -0.4 is 4.74 Å². The first-order valence-electron chi connectivity index (χ1n) is 9.39. The van der Waals surface area contributed by atoms with Crippen LogP contribution in [0.5, 0.6) is 5.75 Å². The highest BCUT2D eigenvalue weighted by atomic mass is 16.6. The van der Waals surface area contributed by atoms with E-state index < -0.39 is 4.92 Å². The van der Waals surface area contributed by atoms with E-state index in [1.54, 1.807) is 29.3 Å². The summed E-state index contributed by atoms with van der Waals surface area (Å²) in [5.74, 6) is 0.636. The van der Waals surface area contributed by atoms with Gasteiger partial charge in [0.15, 0.2) is 5.69 Å². The lowest BCUT2D eigenvalue weighted by molar-refractivity contribution is -0.384. The summed E-state index contributed by atoms with van der Waals surface area (Å²) in [5.41, 5.74) is 3.11. The predicted molar refractivity (Wildman–Crippen MR) is 106 cm³/mol. The van der Waals surface area contributed by atoms with Gasteiger partial charge in [-0.15, -0.1) is 0 Å². The standard InChI is InChI=1S/C21H20N4O4/c1-2-29-19-7-6-15-8-10-23(14-16(15)12-19)21(26)20-9-11-24(22-20)17-4-3-5-18(13-17)25(27)28/h3-7,9,11-13H,2,8,10,14H2,1H3. The summed E-state index contributed by atoms with van der Waals surface area (Å²) in [6.07, 6.45) is 2.41. The number of ether oxygens (including phenoxy) is 1. The van der Waals surface area contributed by atoms with Crippen molar-refractivity contribution in [3.8, 4) is 11.4 Å². The molecule has 3 aromatic rings. The van der Waals surface area contributed by atoms with Gasteiger partial charge in [0, 0.05) is 31.4 Å². The summed E-state index contributed by atoms with van der Waals surface area (Å²) in [6, 6.07) is 13.8. The van der Waals surface area contributed by atoms with E-state index in [0.717, 1.165) is 17.7 Å². The number of hydrogen-bond donors (Lipinski definition) is 0. The molecule has 0 atom stereocenters. The number of nitro benzene ring substituents is 1. The molecule has 0 fully saturated rings. The summed E-state index contributed by atoms with van der Waals surface area (Å²) < 4.78 is 7.04. The number of fused-ring (bicyclic) bond motifs is 1. The number of aromatic nitrogens is 2. The fourth-order valence-corrected chi connectivity index (χ4v) is 3.46. The lowest BCUT2D eigenvalue weighted by atomic mass is 9.99. The van der Waals surface area contributed by atoms with Gasteiger partial charge in [-0.3, -0.25) is 14.9 Å². The number of nitrogens with zero attached hydrogens (tertiary/aromatic N) is 4. The number of carbonyl (C=O) groups is 1. The number of hydrogen-bond acceptors (Lipinski definition) is 5. The molecule has 1 amide bonds. The van der Waals surface area contributed by atoms with Crippen LogP contribution in [0.1, 0.15) is 28.5 Å². The van der Waals surface area contributed by atoms with Crippen LogP contribution in [-0.4, -0.2) is 38.7 Å². The number of carbonyl (C=O) groups excluding carboxylic acids is 1. The normalized spacial score (nSPS) is 13.1. The van der Waals surface area contributed by atoms with Crippen molar-refractivity contribution < 1.29 is 14.5 Å². The Balaban J connectivity index is 1.53. The van der Waals surface area contributed by atoms with Crippen molar-refractivity contribution in [2.45, 2.75) is 19.9 Å². The van der Waals surface area contributed by atoms with E-state index in [4.69, 9.17) is 4.74 Å². The van der Waals surface area contributed by atoms with Gasteiger partial charge in [-0.2, -0.15) is 5.10 Å². The molecule has 0 unspecified atom stereocenters. The average molecular weight is 392 g/mol. The zero-order chi connectivity index (χ0) is 20.4. The molecule has 2 aromatic carbocycles. The molecule has 0 radical (unpaired) electrons. The zero-order valence-corrected chi connectivity index (χ0v) is 15.9. The lowest BCUT2D eigenvalue weighted by Crippen LogP contribution is -2.36. The van der Waals surface area contributed by atoms with Crippen molar-refractivity contribution in [2.75, 3.05) is 13.2 Å². The number of non-ortho nitro benzene ring substituents is 1. The first-order chi connectivity index (χ1) is 14.0. The van der Waals surface area contributed by atoms with E-state index in [-0.39, 0.29) is 11.6 Å². The summed E-state index contributed by atoms with van der Waals surface area (Å²) in [5, 5.41) is 15.3. The van der Waals surface area contributed by atoms with E-state index in [1.807, 2.05) is 19.1 Å². The quantitative estimate of drug-likeness (QED) is 0.490. The van der Waals surface area contributed by atoms with Crippen molar-refractivity contribution in [3.05, 3.63) is 81.7 Å². The fourth-order valence-electron chi connectivity index (χ4n) is 3.46. The smallest absolute Gasteiger partial charge is 0.274 e. The van der Waals surface area contributed by atoms with Gasteiger partial charge in [0.2, 0.25) is 0 Å². The van der Waals surface area contributed by atoms with E-state index in [9.17, 15) is 14.9 Å². The van der Waals surface area contributed by atoms with Crippen molar-refractivity contribution in [1.29, 1.82) is 0 Å². The second kappa shape index (κ2) is 7.75. The van der Waals surface area contributed by atoms with Crippen LogP contribution in [0.2, 0.25) is 0 Å². The third-order valence-corrected chi connectivity index (χ3v) is 4.90. The third-order valence-electron chi connectivity index (χ3n) is 4.90. The Morgan fingerprint density at radius 1 is 1.21 bits per heavy atom. The molecule has 8 heteroatoms. The van der Waals surface area contributed by atoms with Crippen LogP contribution in [0.25, 0.3) is 5.69 Å². The third kappa shape index (κ3) is 3.82. The minimum absolute atomic E-state index is 0.0244. The van der Waals surface area contributed by atoms with Gasteiger partial charge in [-0.25, -0.2) is 4.68 Å². The first kappa shape index (κ1) is 18.7. The number of nitro groups is 1. The van der Waals surface area contributed by atoms with Crippen molar-refractivity contribution >= 4 is 11.6 Å². The molecule has 8 nitrogen and oxygen atoms in total. The topological polar surface area (TPSA) is 90.5 Å². The Morgan fingerprint density at radius 2 is 2.07 bits per heavy atom. The minimum Gasteiger partial charge on any atom is -0.494 e. The maximum Gasteiger partial charge on any atom is 0.274 e. The fraction of sp³-hybridized carbons (Fsp3) is 0.238. The molecule has 1 aromatic heterocycles. The monoisotopic (exact) mass is 392 g/mol. The van der Waals surface area contributed by atoms with Gasteiger partial charge < -0.3 is 9.64 Å². The van der Waals surface area contributed by atoms with E-state index >= 15 is 0 Å². The number of benzene rings is 2. The highest BCUT2D eigenvalue weighted by molar-refractivity contribution is 5.92. The summed E-state index contributed by atoms with van der Waals surface area (Å²) in [6.45, 7) is 3.64. The molecular weight excluding hydrogens is 372 g/mol. The Hall–Kier alpha value is -3.68. The predicted octanol–water partition coefficient (Wildman–Crippen LogP) is 3.38. The van der Waals surface area contributed by atoms with Crippen molar-refractivity contribution in [1.82, 2.24) is 14.7 Å².